The third-order valence-electron chi connectivity index (χ3n) is 4.86. The van der Waals surface area contributed by atoms with Gasteiger partial charge in [-0.25, -0.2) is 0 Å². The largest absolute Gasteiger partial charge is 0.393 e. The Bertz CT molecular complexity index is 480. The summed E-state index contributed by atoms with van der Waals surface area (Å²) >= 11 is 0. The van der Waals surface area contributed by atoms with Gasteiger partial charge in [0.25, 0.3) is 5.91 Å². The third kappa shape index (κ3) is 3.30. The highest BCUT2D eigenvalue weighted by molar-refractivity contribution is 5.92. The normalized spacial score (nSPS) is 26.9. The van der Waals surface area contributed by atoms with Crippen LogP contribution >= 0.6 is 0 Å². The molecule has 3 N–H and O–H groups in total. The van der Waals surface area contributed by atoms with Crippen LogP contribution in [0.15, 0.2) is 18.3 Å². The molecule has 1 aromatic rings. The molecule has 5 heteroatoms. The van der Waals surface area contributed by atoms with E-state index in [1.165, 1.54) is 0 Å². The highest BCUT2D eigenvalue weighted by atomic mass is 16.3. The van der Waals surface area contributed by atoms with E-state index in [4.69, 9.17) is 0 Å². The Morgan fingerprint density at radius 3 is 2.86 bits per heavy atom. The van der Waals surface area contributed by atoms with E-state index in [0.717, 1.165) is 50.9 Å². The Kier molecular flexibility index (Phi) is 4.60. The molecule has 5 nitrogen and oxygen atoms in total. The lowest BCUT2D eigenvalue weighted by molar-refractivity contribution is 0.0904. The number of piperidine rings is 1. The molecule has 0 aromatic carbocycles. The molecule has 3 rings (SSSR count). The number of carbonyl (C=O) groups excluding carboxylic acids is 1. The highest BCUT2D eigenvalue weighted by Gasteiger charge is 2.26. The van der Waals surface area contributed by atoms with Crippen LogP contribution in [0.25, 0.3) is 0 Å². The van der Waals surface area contributed by atoms with E-state index in [2.05, 4.69) is 15.2 Å². The molecule has 0 spiro atoms. The minimum Gasteiger partial charge on any atom is -0.393 e. The second-order valence-electron chi connectivity index (χ2n) is 6.25. The van der Waals surface area contributed by atoms with E-state index >= 15 is 0 Å². The lowest BCUT2D eigenvalue weighted by Gasteiger charge is -2.26. The molecule has 1 saturated heterocycles. The second kappa shape index (κ2) is 6.62. The van der Waals surface area contributed by atoms with Crippen molar-refractivity contribution in [3.63, 3.8) is 0 Å². The van der Waals surface area contributed by atoms with Crippen molar-refractivity contribution in [1.29, 1.82) is 0 Å². The average molecular weight is 291 g/mol. The van der Waals surface area contributed by atoms with Gasteiger partial charge in [-0.15, -0.1) is 0 Å². The van der Waals surface area contributed by atoms with Crippen LogP contribution in [0.4, 0.5) is 0 Å². The summed E-state index contributed by atoms with van der Waals surface area (Å²) in [5.41, 5.74) is 0.745. The average Bonchev–Trinajstić information content (AvgIpc) is 3.15. The fourth-order valence-electron chi connectivity index (χ4n) is 3.56. The Hall–Kier alpha value is -1.33. The minimum atomic E-state index is -0.249. The zero-order valence-electron chi connectivity index (χ0n) is 12.4. The van der Waals surface area contributed by atoms with Gasteiger partial charge < -0.3 is 20.3 Å². The van der Waals surface area contributed by atoms with Gasteiger partial charge in [-0.2, -0.15) is 0 Å². The highest BCUT2D eigenvalue weighted by Crippen LogP contribution is 2.25. The number of nitrogens with zero attached hydrogens (tertiary/aromatic N) is 1. The monoisotopic (exact) mass is 291 g/mol. The second-order valence-corrected chi connectivity index (χ2v) is 6.25. The van der Waals surface area contributed by atoms with Crippen LogP contribution in [0.5, 0.6) is 0 Å². The van der Waals surface area contributed by atoms with Crippen molar-refractivity contribution in [2.24, 2.45) is 5.92 Å². The maximum absolute atomic E-state index is 12.4. The molecule has 21 heavy (non-hydrogen) atoms. The van der Waals surface area contributed by atoms with Crippen LogP contribution in [0.1, 0.15) is 48.6 Å². The molecular weight excluding hydrogens is 266 g/mol. The molecule has 2 fully saturated rings. The summed E-state index contributed by atoms with van der Waals surface area (Å²) < 4.78 is 2.11. The minimum absolute atomic E-state index is 0.0161. The predicted molar refractivity (Wildman–Crippen MR) is 81.3 cm³/mol. The van der Waals surface area contributed by atoms with Crippen LogP contribution in [0.2, 0.25) is 0 Å². The lowest BCUT2D eigenvalue weighted by atomic mass is 10.1. The Morgan fingerprint density at radius 1 is 1.33 bits per heavy atom. The van der Waals surface area contributed by atoms with Crippen molar-refractivity contribution in [2.45, 2.75) is 44.2 Å². The molecule has 1 aliphatic carbocycles. The van der Waals surface area contributed by atoms with Crippen molar-refractivity contribution in [3.8, 4) is 0 Å². The molecule has 2 atom stereocenters. The number of hydrogen-bond donors (Lipinski definition) is 3. The van der Waals surface area contributed by atoms with Crippen molar-refractivity contribution in [2.75, 3.05) is 19.6 Å². The molecule has 2 aliphatic rings. The van der Waals surface area contributed by atoms with E-state index in [-0.39, 0.29) is 17.9 Å². The first-order valence-electron chi connectivity index (χ1n) is 8.09. The zero-order chi connectivity index (χ0) is 14.7. The quantitative estimate of drug-likeness (QED) is 0.783. The lowest BCUT2D eigenvalue weighted by Crippen LogP contribution is -2.35. The van der Waals surface area contributed by atoms with Gasteiger partial charge in [-0.1, -0.05) is 6.42 Å². The predicted octanol–water partition coefficient (Wildman–Crippen LogP) is 1.30. The van der Waals surface area contributed by atoms with Crippen molar-refractivity contribution < 1.29 is 9.90 Å². The van der Waals surface area contributed by atoms with Crippen LogP contribution in [0.3, 0.4) is 0 Å². The fourth-order valence-corrected chi connectivity index (χ4v) is 3.56. The fraction of sp³-hybridized carbons (Fsp3) is 0.688. The molecule has 1 amide bonds. The van der Waals surface area contributed by atoms with Gasteiger partial charge in [0.15, 0.2) is 0 Å². The molecule has 0 bridgehead atoms. The molecular formula is C16H25N3O2. The number of aliphatic hydroxyl groups is 1. The van der Waals surface area contributed by atoms with Gasteiger partial charge in [-0.3, -0.25) is 4.79 Å². The van der Waals surface area contributed by atoms with Gasteiger partial charge in [0.1, 0.15) is 5.69 Å². The summed E-state index contributed by atoms with van der Waals surface area (Å²) in [6.07, 6.45) is 6.83. The summed E-state index contributed by atoms with van der Waals surface area (Å²) in [5, 5.41) is 16.2. The first-order chi connectivity index (χ1) is 10.3. The summed E-state index contributed by atoms with van der Waals surface area (Å²) in [6, 6.07) is 4.25. The third-order valence-corrected chi connectivity index (χ3v) is 4.86. The van der Waals surface area contributed by atoms with Gasteiger partial charge in [0.2, 0.25) is 0 Å². The van der Waals surface area contributed by atoms with E-state index in [9.17, 15) is 9.90 Å². The van der Waals surface area contributed by atoms with Crippen molar-refractivity contribution in [3.05, 3.63) is 24.0 Å². The molecule has 1 aliphatic heterocycles. The van der Waals surface area contributed by atoms with Crippen LogP contribution in [-0.2, 0) is 0 Å². The number of nitrogens with one attached hydrogen (secondary N) is 2. The smallest absolute Gasteiger partial charge is 0.267 e. The van der Waals surface area contributed by atoms with Crippen molar-refractivity contribution in [1.82, 2.24) is 15.2 Å². The van der Waals surface area contributed by atoms with Gasteiger partial charge >= 0.3 is 0 Å². The van der Waals surface area contributed by atoms with E-state index < -0.39 is 0 Å². The number of aliphatic hydroxyl groups excluding tert-OH is 1. The maximum atomic E-state index is 12.4. The van der Waals surface area contributed by atoms with Gasteiger partial charge in [0.05, 0.1) is 6.10 Å². The summed E-state index contributed by atoms with van der Waals surface area (Å²) in [5.74, 6) is 0.203. The summed E-state index contributed by atoms with van der Waals surface area (Å²) in [4.78, 5) is 12.4. The number of hydrogen-bond acceptors (Lipinski definition) is 3. The molecule has 0 radical (unpaired) electrons. The molecule has 1 saturated carbocycles. The number of rotatable bonds is 4. The Morgan fingerprint density at radius 2 is 2.14 bits per heavy atom. The van der Waals surface area contributed by atoms with E-state index in [1.54, 1.807) is 0 Å². The number of aromatic nitrogens is 1. The molecule has 2 heterocycles. The molecule has 2 unspecified atom stereocenters. The standard InChI is InChI=1S/C16H25N3O2/c20-15-5-1-3-12(15)11-18-16(21)14-4-2-10-19(14)13-6-8-17-9-7-13/h2,4,10,12-13,15,17,20H,1,3,5-9,11H2,(H,18,21). The summed E-state index contributed by atoms with van der Waals surface area (Å²) in [7, 11) is 0. The van der Waals surface area contributed by atoms with Gasteiger partial charge in [-0.05, 0) is 50.9 Å². The SMILES string of the molecule is O=C(NCC1CCCC1O)c1cccn1C1CCNCC1. The topological polar surface area (TPSA) is 66.3 Å². The van der Waals surface area contributed by atoms with E-state index in [1.807, 2.05) is 18.3 Å². The Labute approximate surface area is 125 Å². The first-order valence-corrected chi connectivity index (χ1v) is 8.09. The van der Waals surface area contributed by atoms with E-state index in [0.29, 0.717) is 12.6 Å². The molecule has 1 aromatic heterocycles. The van der Waals surface area contributed by atoms with Crippen LogP contribution in [-0.4, -0.2) is 41.3 Å². The van der Waals surface area contributed by atoms with Gasteiger partial charge in [0, 0.05) is 24.7 Å². The van der Waals surface area contributed by atoms with Crippen molar-refractivity contribution >= 4 is 5.91 Å². The Balaban J connectivity index is 1.60. The van der Waals surface area contributed by atoms with Crippen LogP contribution < -0.4 is 10.6 Å². The van der Waals surface area contributed by atoms with Crippen LogP contribution in [0, 0.1) is 5.92 Å². The first kappa shape index (κ1) is 14.6. The zero-order valence-corrected chi connectivity index (χ0v) is 12.4. The summed E-state index contributed by atoms with van der Waals surface area (Å²) in [6.45, 7) is 2.60. The maximum Gasteiger partial charge on any atom is 0.267 e. The number of amides is 1. The number of carbonyl (C=O) groups is 1. The molecule has 116 valence electrons.